The first-order valence-corrected chi connectivity index (χ1v) is 14.6. The highest BCUT2D eigenvalue weighted by molar-refractivity contribution is 7.15. The maximum atomic E-state index is 12.1. The molecule has 2 heterocycles. The minimum Gasteiger partial charge on any atom is -0.444 e. The highest BCUT2D eigenvalue weighted by Crippen LogP contribution is 2.48. The predicted molar refractivity (Wildman–Crippen MR) is 127 cm³/mol. The zero-order chi connectivity index (χ0) is 23.8. The standard InChI is InChI=1S/C22H40N2O5SSi/c1-14(2)21(6,7)31(10,11)29-17(15-13-26-22(8,9)27-15)16-12-23-18(30-16)24-19(25)28-20(3,4)5/h12,14-15,17H,13H2,1-11H3,(H,23,24,25)/t15-,17+/m1/s1. The van der Waals surface area contributed by atoms with Gasteiger partial charge in [-0.25, -0.2) is 9.78 Å². The van der Waals surface area contributed by atoms with E-state index in [1.54, 1.807) is 6.20 Å². The Labute approximate surface area is 192 Å². The van der Waals surface area contributed by atoms with Crippen LogP contribution < -0.4 is 5.32 Å². The monoisotopic (exact) mass is 472 g/mol. The maximum absolute atomic E-state index is 12.1. The molecule has 0 saturated carbocycles. The van der Waals surface area contributed by atoms with Crippen LogP contribution in [0.3, 0.4) is 0 Å². The summed E-state index contributed by atoms with van der Waals surface area (Å²) in [6.45, 7) is 23.3. The first kappa shape index (κ1) is 26.3. The molecule has 1 aliphatic rings. The van der Waals surface area contributed by atoms with Crippen LogP contribution in [0.2, 0.25) is 18.1 Å². The molecule has 0 aromatic carbocycles. The number of nitrogens with one attached hydrogen (secondary N) is 1. The van der Waals surface area contributed by atoms with Crippen molar-refractivity contribution in [2.24, 2.45) is 5.92 Å². The fraction of sp³-hybridized carbons (Fsp3) is 0.818. The van der Waals surface area contributed by atoms with Crippen molar-refractivity contribution in [3.63, 3.8) is 0 Å². The molecule has 1 amide bonds. The number of thiazole rings is 1. The quantitative estimate of drug-likeness (QED) is 0.466. The Kier molecular flexibility index (Phi) is 7.70. The number of carbonyl (C=O) groups excluding carboxylic acids is 1. The molecule has 0 unspecified atom stereocenters. The molecule has 178 valence electrons. The Morgan fingerprint density at radius 1 is 1.29 bits per heavy atom. The molecule has 1 N–H and O–H groups in total. The van der Waals surface area contributed by atoms with Gasteiger partial charge in [-0.05, 0) is 58.7 Å². The van der Waals surface area contributed by atoms with Crippen molar-refractivity contribution in [3.8, 4) is 0 Å². The van der Waals surface area contributed by atoms with Gasteiger partial charge in [0.15, 0.2) is 19.2 Å². The summed E-state index contributed by atoms with van der Waals surface area (Å²) in [5.74, 6) is -0.189. The Morgan fingerprint density at radius 2 is 1.90 bits per heavy atom. The molecule has 9 heteroatoms. The molecule has 31 heavy (non-hydrogen) atoms. The predicted octanol–water partition coefficient (Wildman–Crippen LogP) is 6.34. The van der Waals surface area contributed by atoms with Crippen molar-refractivity contribution in [2.45, 2.75) is 104 Å². The van der Waals surface area contributed by atoms with Gasteiger partial charge in [0.2, 0.25) is 0 Å². The zero-order valence-electron chi connectivity index (χ0n) is 20.9. The molecule has 2 atom stereocenters. The van der Waals surface area contributed by atoms with Crippen molar-refractivity contribution >= 4 is 30.9 Å². The third-order valence-corrected chi connectivity index (χ3v) is 11.7. The number of nitrogens with zero attached hydrogens (tertiary/aromatic N) is 1. The van der Waals surface area contributed by atoms with Crippen molar-refractivity contribution in [1.29, 1.82) is 0 Å². The molecule has 0 aliphatic carbocycles. The fourth-order valence-corrected chi connectivity index (χ4v) is 6.79. The van der Waals surface area contributed by atoms with Gasteiger partial charge in [-0.1, -0.05) is 39.0 Å². The van der Waals surface area contributed by atoms with Gasteiger partial charge in [0.1, 0.15) is 17.8 Å². The summed E-state index contributed by atoms with van der Waals surface area (Å²) in [5.41, 5.74) is -0.575. The van der Waals surface area contributed by atoms with E-state index < -0.39 is 25.8 Å². The second-order valence-electron chi connectivity index (χ2n) is 11.0. The number of rotatable bonds is 7. The summed E-state index contributed by atoms with van der Waals surface area (Å²) in [4.78, 5) is 17.4. The van der Waals surface area contributed by atoms with Gasteiger partial charge in [0.05, 0.1) is 11.5 Å². The third kappa shape index (κ3) is 6.74. The number of amides is 1. The molecule has 1 aromatic heterocycles. The van der Waals surface area contributed by atoms with Crippen LogP contribution in [0, 0.1) is 5.92 Å². The van der Waals surface area contributed by atoms with Crippen molar-refractivity contribution < 1.29 is 23.4 Å². The van der Waals surface area contributed by atoms with Gasteiger partial charge in [-0.15, -0.1) is 0 Å². The summed E-state index contributed by atoms with van der Waals surface area (Å²) >= 11 is 1.38. The molecule has 1 aliphatic heterocycles. The molecule has 1 aromatic rings. The van der Waals surface area contributed by atoms with Crippen molar-refractivity contribution in [3.05, 3.63) is 11.1 Å². The lowest BCUT2D eigenvalue weighted by Crippen LogP contribution is -2.47. The van der Waals surface area contributed by atoms with Crippen LogP contribution in [0.4, 0.5) is 9.93 Å². The number of aromatic nitrogens is 1. The van der Waals surface area contributed by atoms with Crippen LogP contribution in [0.25, 0.3) is 0 Å². The fourth-order valence-electron chi connectivity index (χ4n) is 3.21. The van der Waals surface area contributed by atoms with Gasteiger partial charge in [-0.2, -0.15) is 0 Å². The first-order valence-electron chi connectivity index (χ1n) is 10.9. The maximum Gasteiger partial charge on any atom is 0.413 e. The molecule has 7 nitrogen and oxygen atoms in total. The SMILES string of the molecule is CC(C)C(C)(C)[Si](C)(C)O[C@H](c1cnc(NC(=O)OC(C)(C)C)s1)[C@H]1COC(C)(C)O1. The van der Waals surface area contributed by atoms with E-state index in [1.807, 2.05) is 34.6 Å². The topological polar surface area (TPSA) is 78.9 Å². The van der Waals surface area contributed by atoms with Gasteiger partial charge in [-0.3, -0.25) is 5.32 Å². The molecule has 0 radical (unpaired) electrons. The van der Waals surface area contributed by atoms with E-state index >= 15 is 0 Å². The largest absolute Gasteiger partial charge is 0.444 e. The summed E-state index contributed by atoms with van der Waals surface area (Å²) in [5, 5.41) is 3.24. The zero-order valence-corrected chi connectivity index (χ0v) is 22.7. The molecular formula is C22H40N2O5SSi. The third-order valence-electron chi connectivity index (χ3n) is 6.20. The molecular weight excluding hydrogens is 432 g/mol. The molecule has 0 spiro atoms. The van der Waals surface area contributed by atoms with E-state index in [2.05, 4.69) is 51.1 Å². The van der Waals surface area contributed by atoms with Crippen LogP contribution in [0.5, 0.6) is 0 Å². The van der Waals surface area contributed by atoms with Gasteiger partial charge in [0, 0.05) is 6.20 Å². The van der Waals surface area contributed by atoms with Crippen LogP contribution in [0.1, 0.15) is 73.3 Å². The second-order valence-corrected chi connectivity index (χ2v) is 16.6. The number of hydrogen-bond donors (Lipinski definition) is 1. The van der Waals surface area contributed by atoms with E-state index in [4.69, 9.17) is 18.6 Å². The summed E-state index contributed by atoms with van der Waals surface area (Å²) in [6, 6.07) is 0. The van der Waals surface area contributed by atoms with Crippen LogP contribution in [-0.2, 0) is 18.6 Å². The first-order chi connectivity index (χ1) is 13.9. The average molecular weight is 473 g/mol. The highest BCUT2D eigenvalue weighted by atomic mass is 32.1. The lowest BCUT2D eigenvalue weighted by Gasteiger charge is -2.45. The van der Waals surface area contributed by atoms with Crippen LogP contribution >= 0.6 is 11.3 Å². The van der Waals surface area contributed by atoms with Crippen LogP contribution in [0.15, 0.2) is 6.20 Å². The Morgan fingerprint density at radius 3 is 2.39 bits per heavy atom. The Balaban J connectivity index is 2.28. The number of hydrogen-bond acceptors (Lipinski definition) is 7. The van der Waals surface area contributed by atoms with E-state index in [0.717, 1.165) is 4.88 Å². The van der Waals surface area contributed by atoms with Crippen molar-refractivity contribution in [1.82, 2.24) is 4.98 Å². The van der Waals surface area contributed by atoms with E-state index in [-0.39, 0.29) is 17.2 Å². The van der Waals surface area contributed by atoms with Gasteiger partial charge < -0.3 is 18.6 Å². The minimum absolute atomic E-state index is 0.0442. The lowest BCUT2D eigenvalue weighted by molar-refractivity contribution is -0.150. The summed E-state index contributed by atoms with van der Waals surface area (Å²) < 4.78 is 24.2. The smallest absolute Gasteiger partial charge is 0.413 e. The number of ether oxygens (including phenoxy) is 3. The molecule has 2 rings (SSSR count). The van der Waals surface area contributed by atoms with Crippen LogP contribution in [-0.4, -0.2) is 43.5 Å². The summed E-state index contributed by atoms with van der Waals surface area (Å²) in [7, 11) is -2.18. The minimum atomic E-state index is -2.18. The Bertz CT molecular complexity index is 770. The van der Waals surface area contributed by atoms with Gasteiger partial charge in [0.25, 0.3) is 0 Å². The number of carbonyl (C=O) groups is 1. The summed E-state index contributed by atoms with van der Waals surface area (Å²) in [6.07, 6.45) is 0.652. The van der Waals surface area contributed by atoms with E-state index in [1.165, 1.54) is 11.3 Å². The highest BCUT2D eigenvalue weighted by Gasteiger charge is 2.48. The molecule has 0 bridgehead atoms. The average Bonchev–Trinajstić information content (AvgIpc) is 3.16. The number of anilines is 1. The van der Waals surface area contributed by atoms with E-state index in [9.17, 15) is 4.79 Å². The van der Waals surface area contributed by atoms with Gasteiger partial charge >= 0.3 is 6.09 Å². The molecule has 1 fully saturated rings. The van der Waals surface area contributed by atoms with E-state index in [0.29, 0.717) is 17.7 Å². The second kappa shape index (κ2) is 9.09. The van der Waals surface area contributed by atoms with Crippen molar-refractivity contribution in [2.75, 3.05) is 11.9 Å². The lowest BCUT2D eigenvalue weighted by atomic mass is 9.99. The Hall–Kier alpha value is -1.00. The molecule has 1 saturated heterocycles. The normalized spacial score (nSPS) is 20.7.